The van der Waals surface area contributed by atoms with Crippen LogP contribution in [0.1, 0.15) is 17.9 Å². The summed E-state index contributed by atoms with van der Waals surface area (Å²) in [6, 6.07) is 7.64. The van der Waals surface area contributed by atoms with E-state index in [4.69, 9.17) is 10.8 Å². The molecule has 88 valence electrons. The topological polar surface area (TPSA) is 69.7 Å². The van der Waals surface area contributed by atoms with Gasteiger partial charge in [0.2, 0.25) is 0 Å². The van der Waals surface area contributed by atoms with Gasteiger partial charge in [0.1, 0.15) is 6.23 Å². The molecule has 1 aliphatic heterocycles. The van der Waals surface area contributed by atoms with Gasteiger partial charge in [0.25, 0.3) is 0 Å². The van der Waals surface area contributed by atoms with Gasteiger partial charge >= 0.3 is 0 Å². The van der Waals surface area contributed by atoms with Gasteiger partial charge in [-0.15, -0.1) is 0 Å². The molecule has 2 rings (SSSR count). The third-order valence-corrected chi connectivity index (χ3v) is 3.21. The molecule has 0 saturated carbocycles. The second-order valence-electron chi connectivity index (χ2n) is 4.24. The molecule has 1 aliphatic rings. The summed E-state index contributed by atoms with van der Waals surface area (Å²) in [5.41, 5.74) is 7.48. The van der Waals surface area contributed by atoms with Gasteiger partial charge in [-0.2, -0.15) is 0 Å². The first-order valence-corrected chi connectivity index (χ1v) is 5.61. The number of benzene rings is 1. The van der Waals surface area contributed by atoms with Crippen molar-refractivity contribution < 1.29 is 10.2 Å². The van der Waals surface area contributed by atoms with Crippen LogP contribution >= 0.6 is 0 Å². The molecule has 4 heteroatoms. The van der Waals surface area contributed by atoms with E-state index in [0.29, 0.717) is 6.54 Å². The fourth-order valence-electron chi connectivity index (χ4n) is 2.30. The average molecular weight is 222 g/mol. The Kier molecular flexibility index (Phi) is 3.43. The lowest BCUT2D eigenvalue weighted by Gasteiger charge is -2.22. The lowest BCUT2D eigenvalue weighted by atomic mass is 9.97. The summed E-state index contributed by atoms with van der Waals surface area (Å²) >= 11 is 0. The summed E-state index contributed by atoms with van der Waals surface area (Å²) in [4.78, 5) is 1.90. The molecule has 0 amide bonds. The van der Waals surface area contributed by atoms with Crippen molar-refractivity contribution in [2.24, 2.45) is 0 Å². The van der Waals surface area contributed by atoms with Gasteiger partial charge in [0.15, 0.2) is 0 Å². The van der Waals surface area contributed by atoms with Gasteiger partial charge < -0.3 is 15.9 Å². The molecule has 1 fully saturated rings. The number of likely N-dealkylation sites (tertiary alicyclic amines) is 1. The van der Waals surface area contributed by atoms with E-state index in [1.807, 2.05) is 29.2 Å². The molecule has 0 aromatic heterocycles. The number of aliphatic hydroxyl groups is 2. The Morgan fingerprint density at radius 3 is 2.62 bits per heavy atom. The molecule has 2 atom stereocenters. The zero-order valence-corrected chi connectivity index (χ0v) is 9.21. The van der Waals surface area contributed by atoms with Gasteiger partial charge in [-0.1, -0.05) is 12.1 Å². The van der Waals surface area contributed by atoms with Crippen molar-refractivity contribution in [1.29, 1.82) is 0 Å². The van der Waals surface area contributed by atoms with E-state index in [0.717, 1.165) is 24.2 Å². The van der Waals surface area contributed by atoms with Crippen LogP contribution in [0.3, 0.4) is 0 Å². The molecule has 4 N–H and O–H groups in total. The summed E-state index contributed by atoms with van der Waals surface area (Å²) in [6.45, 7) is 1.45. The molecule has 4 nitrogen and oxygen atoms in total. The van der Waals surface area contributed by atoms with E-state index in [1.165, 1.54) is 0 Å². The van der Waals surface area contributed by atoms with Crippen molar-refractivity contribution in [1.82, 2.24) is 4.90 Å². The average Bonchev–Trinajstić information content (AvgIpc) is 2.63. The molecule has 1 aromatic carbocycles. The second kappa shape index (κ2) is 4.82. The zero-order valence-electron chi connectivity index (χ0n) is 9.21. The van der Waals surface area contributed by atoms with Crippen molar-refractivity contribution in [3.63, 3.8) is 0 Å². The monoisotopic (exact) mass is 222 g/mol. The number of rotatable bonds is 3. The number of nitrogen functional groups attached to an aromatic ring is 1. The number of β-amino-alcohol motifs (C(OH)–C–C–N with tert-alkyl or cyclic N) is 1. The third-order valence-electron chi connectivity index (χ3n) is 3.21. The molecule has 1 saturated heterocycles. The SMILES string of the molecule is Nc1ccc(C2CCN(CCO)C2O)cc1. The van der Waals surface area contributed by atoms with Crippen LogP contribution in [0, 0.1) is 0 Å². The van der Waals surface area contributed by atoms with E-state index < -0.39 is 6.23 Å². The normalized spacial score (nSPS) is 26.1. The Balaban J connectivity index is 2.08. The predicted octanol–water partition coefficient (Wildman–Crippen LogP) is 0.369. The van der Waals surface area contributed by atoms with Gasteiger partial charge in [-0.05, 0) is 24.1 Å². The first kappa shape index (κ1) is 11.4. The first-order chi connectivity index (χ1) is 7.72. The maximum absolute atomic E-state index is 10.1. The molecule has 1 heterocycles. The quantitative estimate of drug-likeness (QED) is 0.646. The molecular weight excluding hydrogens is 204 g/mol. The maximum Gasteiger partial charge on any atom is 0.114 e. The molecular formula is C12H18N2O2. The highest BCUT2D eigenvalue weighted by molar-refractivity contribution is 5.40. The standard InChI is InChI=1S/C12H18N2O2/c13-10-3-1-9(2-4-10)11-5-6-14(7-8-15)12(11)16/h1-4,11-12,15-16H,5-8,13H2. The molecule has 0 bridgehead atoms. The van der Waals surface area contributed by atoms with Crippen LogP contribution in [0.2, 0.25) is 0 Å². The van der Waals surface area contributed by atoms with Crippen LogP contribution in [0.5, 0.6) is 0 Å². The summed E-state index contributed by atoms with van der Waals surface area (Å²) in [6.07, 6.45) is 0.432. The van der Waals surface area contributed by atoms with E-state index in [9.17, 15) is 5.11 Å². The van der Waals surface area contributed by atoms with Crippen molar-refractivity contribution in [2.75, 3.05) is 25.4 Å². The van der Waals surface area contributed by atoms with Crippen molar-refractivity contribution in [3.8, 4) is 0 Å². The number of hydrogen-bond acceptors (Lipinski definition) is 4. The lowest BCUT2D eigenvalue weighted by molar-refractivity contribution is 0.0171. The fourth-order valence-corrected chi connectivity index (χ4v) is 2.30. The molecule has 0 radical (unpaired) electrons. The van der Waals surface area contributed by atoms with Crippen molar-refractivity contribution in [3.05, 3.63) is 29.8 Å². The van der Waals surface area contributed by atoms with Gasteiger partial charge in [-0.3, -0.25) is 4.90 Å². The number of anilines is 1. The predicted molar refractivity (Wildman–Crippen MR) is 62.9 cm³/mol. The van der Waals surface area contributed by atoms with E-state index in [1.54, 1.807) is 0 Å². The Morgan fingerprint density at radius 2 is 2.00 bits per heavy atom. The Bertz CT molecular complexity index is 339. The first-order valence-electron chi connectivity index (χ1n) is 5.61. The molecule has 16 heavy (non-hydrogen) atoms. The maximum atomic E-state index is 10.1. The van der Waals surface area contributed by atoms with Crippen LogP contribution < -0.4 is 5.73 Å². The van der Waals surface area contributed by atoms with Gasteiger partial charge in [0.05, 0.1) is 6.61 Å². The number of nitrogens with two attached hydrogens (primary N) is 1. The van der Waals surface area contributed by atoms with Crippen LogP contribution in [0.4, 0.5) is 5.69 Å². The van der Waals surface area contributed by atoms with E-state index >= 15 is 0 Å². The summed E-state index contributed by atoms with van der Waals surface area (Å²) in [7, 11) is 0. The van der Waals surface area contributed by atoms with Crippen LogP contribution in [-0.4, -0.2) is 41.0 Å². The second-order valence-corrected chi connectivity index (χ2v) is 4.24. The number of nitrogens with zero attached hydrogens (tertiary/aromatic N) is 1. The number of aliphatic hydroxyl groups excluding tert-OH is 2. The summed E-state index contributed by atoms with van der Waals surface area (Å²) in [5.74, 6) is 0.132. The highest BCUT2D eigenvalue weighted by atomic mass is 16.3. The smallest absolute Gasteiger partial charge is 0.114 e. The minimum atomic E-state index is -0.490. The third kappa shape index (κ3) is 2.19. The zero-order chi connectivity index (χ0) is 11.5. The summed E-state index contributed by atoms with van der Waals surface area (Å²) < 4.78 is 0. The molecule has 0 aliphatic carbocycles. The highest BCUT2D eigenvalue weighted by Gasteiger charge is 2.32. The molecule has 0 spiro atoms. The molecule has 2 unspecified atom stereocenters. The van der Waals surface area contributed by atoms with Gasteiger partial charge in [0, 0.05) is 24.7 Å². The van der Waals surface area contributed by atoms with Crippen LogP contribution in [0.25, 0.3) is 0 Å². The Labute approximate surface area is 95.3 Å². The van der Waals surface area contributed by atoms with E-state index in [-0.39, 0.29) is 12.5 Å². The number of hydrogen-bond donors (Lipinski definition) is 3. The Hall–Kier alpha value is -1.10. The van der Waals surface area contributed by atoms with Crippen molar-refractivity contribution >= 4 is 5.69 Å². The highest BCUT2D eigenvalue weighted by Crippen LogP contribution is 2.31. The van der Waals surface area contributed by atoms with Crippen molar-refractivity contribution in [2.45, 2.75) is 18.6 Å². The Morgan fingerprint density at radius 1 is 1.31 bits per heavy atom. The fraction of sp³-hybridized carbons (Fsp3) is 0.500. The summed E-state index contributed by atoms with van der Waals surface area (Å²) in [5, 5.41) is 19.0. The van der Waals surface area contributed by atoms with Gasteiger partial charge in [-0.25, -0.2) is 0 Å². The minimum Gasteiger partial charge on any atom is -0.399 e. The largest absolute Gasteiger partial charge is 0.399 e. The minimum absolute atomic E-state index is 0.0888. The van der Waals surface area contributed by atoms with Crippen LogP contribution in [-0.2, 0) is 0 Å². The molecule has 1 aromatic rings. The lowest BCUT2D eigenvalue weighted by Crippen LogP contribution is -2.34. The van der Waals surface area contributed by atoms with Crippen LogP contribution in [0.15, 0.2) is 24.3 Å². The van der Waals surface area contributed by atoms with E-state index in [2.05, 4.69) is 0 Å².